The zero-order chi connectivity index (χ0) is 12.3. The number of alkyl halides is 1. The standard InChI is InChI=1S/C14H12ClNO2/c15-12-10-8-16(9-4-2-1-3-5-9)13(17)14(10)7-6-11(12)18-14/h1-7,10-12H,8H2/t10-,11-,12-,14+/m0/s1. The highest BCUT2D eigenvalue weighted by Gasteiger charge is 2.65. The van der Waals surface area contributed by atoms with Crippen molar-refractivity contribution in [1.29, 1.82) is 0 Å². The maximum atomic E-state index is 12.6. The molecule has 4 atom stereocenters. The minimum Gasteiger partial charge on any atom is -0.352 e. The number of hydrogen-bond acceptors (Lipinski definition) is 2. The number of para-hydroxylation sites is 1. The van der Waals surface area contributed by atoms with E-state index in [9.17, 15) is 4.79 Å². The van der Waals surface area contributed by atoms with Gasteiger partial charge >= 0.3 is 0 Å². The van der Waals surface area contributed by atoms with Crippen molar-refractivity contribution >= 4 is 23.2 Å². The van der Waals surface area contributed by atoms with Crippen LogP contribution in [0.3, 0.4) is 0 Å². The molecular formula is C14H12ClNO2. The van der Waals surface area contributed by atoms with Gasteiger partial charge in [-0.05, 0) is 18.2 Å². The van der Waals surface area contributed by atoms with Crippen molar-refractivity contribution in [2.45, 2.75) is 17.1 Å². The Kier molecular flexibility index (Phi) is 1.98. The van der Waals surface area contributed by atoms with Crippen LogP contribution in [0.4, 0.5) is 5.69 Å². The van der Waals surface area contributed by atoms with Gasteiger partial charge in [-0.2, -0.15) is 0 Å². The molecule has 0 N–H and O–H groups in total. The van der Waals surface area contributed by atoms with Gasteiger partial charge in [-0.15, -0.1) is 11.6 Å². The quantitative estimate of drug-likeness (QED) is 0.571. The molecule has 1 spiro atoms. The first-order chi connectivity index (χ1) is 8.72. The van der Waals surface area contributed by atoms with Gasteiger partial charge in [-0.3, -0.25) is 4.79 Å². The second-order valence-electron chi connectivity index (χ2n) is 5.04. The molecule has 18 heavy (non-hydrogen) atoms. The van der Waals surface area contributed by atoms with Gasteiger partial charge in [0.25, 0.3) is 5.91 Å². The summed E-state index contributed by atoms with van der Waals surface area (Å²) in [4.78, 5) is 14.4. The first kappa shape index (κ1) is 10.6. The molecule has 92 valence electrons. The fourth-order valence-corrected chi connectivity index (χ4v) is 3.63. The van der Waals surface area contributed by atoms with Crippen LogP contribution in [0.5, 0.6) is 0 Å². The van der Waals surface area contributed by atoms with Gasteiger partial charge in [-0.1, -0.05) is 24.3 Å². The summed E-state index contributed by atoms with van der Waals surface area (Å²) < 4.78 is 5.83. The van der Waals surface area contributed by atoms with Crippen molar-refractivity contribution in [3.05, 3.63) is 42.5 Å². The van der Waals surface area contributed by atoms with Crippen LogP contribution in [0, 0.1) is 5.92 Å². The average Bonchev–Trinajstić information content (AvgIpc) is 3.03. The van der Waals surface area contributed by atoms with E-state index in [-0.39, 0.29) is 23.3 Å². The smallest absolute Gasteiger partial charge is 0.263 e. The molecule has 1 aromatic carbocycles. The highest BCUT2D eigenvalue weighted by molar-refractivity contribution is 6.23. The normalized spacial score (nSPS) is 40.6. The van der Waals surface area contributed by atoms with Crippen molar-refractivity contribution < 1.29 is 9.53 Å². The van der Waals surface area contributed by atoms with Crippen LogP contribution in [-0.2, 0) is 9.53 Å². The van der Waals surface area contributed by atoms with Gasteiger partial charge < -0.3 is 9.64 Å². The number of hydrogen-bond donors (Lipinski definition) is 0. The Morgan fingerprint density at radius 2 is 2.11 bits per heavy atom. The van der Waals surface area contributed by atoms with Gasteiger partial charge in [0.2, 0.25) is 0 Å². The van der Waals surface area contributed by atoms with Crippen LogP contribution in [-0.4, -0.2) is 29.5 Å². The second kappa shape index (κ2) is 3.37. The lowest BCUT2D eigenvalue weighted by atomic mass is 9.85. The summed E-state index contributed by atoms with van der Waals surface area (Å²) in [7, 11) is 0. The van der Waals surface area contributed by atoms with Crippen LogP contribution in [0.1, 0.15) is 0 Å². The Bertz CT molecular complexity index is 544. The summed E-state index contributed by atoms with van der Waals surface area (Å²) in [6, 6.07) is 9.68. The summed E-state index contributed by atoms with van der Waals surface area (Å²) in [5.41, 5.74) is 0.114. The molecule has 0 unspecified atom stereocenters. The van der Waals surface area contributed by atoms with Crippen LogP contribution in [0.15, 0.2) is 42.5 Å². The zero-order valence-electron chi connectivity index (χ0n) is 9.62. The van der Waals surface area contributed by atoms with E-state index in [1.807, 2.05) is 42.5 Å². The Morgan fingerprint density at radius 1 is 1.33 bits per heavy atom. The average molecular weight is 262 g/mol. The van der Waals surface area contributed by atoms with Crippen molar-refractivity contribution in [3.63, 3.8) is 0 Å². The molecule has 0 aliphatic carbocycles. The van der Waals surface area contributed by atoms with Gasteiger partial charge in [0, 0.05) is 18.2 Å². The van der Waals surface area contributed by atoms with Gasteiger partial charge in [0.15, 0.2) is 5.60 Å². The molecule has 2 saturated heterocycles. The van der Waals surface area contributed by atoms with E-state index < -0.39 is 5.60 Å². The first-order valence-corrected chi connectivity index (χ1v) is 6.54. The van der Waals surface area contributed by atoms with Crippen molar-refractivity contribution in [2.24, 2.45) is 5.92 Å². The Hall–Kier alpha value is -1.32. The third-order valence-corrected chi connectivity index (χ3v) is 4.69. The van der Waals surface area contributed by atoms with E-state index in [4.69, 9.17) is 16.3 Å². The summed E-state index contributed by atoms with van der Waals surface area (Å²) >= 11 is 6.37. The van der Waals surface area contributed by atoms with E-state index in [1.54, 1.807) is 4.90 Å². The number of anilines is 1. The molecule has 4 rings (SSSR count). The largest absolute Gasteiger partial charge is 0.352 e. The fraction of sp³-hybridized carbons (Fsp3) is 0.357. The highest BCUT2D eigenvalue weighted by atomic mass is 35.5. The second-order valence-corrected chi connectivity index (χ2v) is 5.54. The Balaban J connectivity index is 1.76. The minimum atomic E-state index is -0.799. The number of benzene rings is 1. The molecule has 4 heteroatoms. The maximum absolute atomic E-state index is 12.6. The van der Waals surface area contributed by atoms with Gasteiger partial charge in [0.1, 0.15) is 0 Å². The summed E-state index contributed by atoms with van der Waals surface area (Å²) in [6.07, 6.45) is 3.71. The van der Waals surface area contributed by atoms with Gasteiger partial charge in [0.05, 0.1) is 11.5 Å². The van der Waals surface area contributed by atoms with E-state index in [1.165, 1.54) is 0 Å². The number of carbonyl (C=O) groups is 1. The lowest BCUT2D eigenvalue weighted by Gasteiger charge is -2.20. The molecule has 2 fully saturated rings. The molecule has 3 nitrogen and oxygen atoms in total. The molecule has 1 aromatic rings. The number of rotatable bonds is 1. The lowest BCUT2D eigenvalue weighted by Crippen LogP contribution is -2.40. The fourth-order valence-electron chi connectivity index (χ4n) is 3.23. The topological polar surface area (TPSA) is 29.5 Å². The Morgan fingerprint density at radius 3 is 2.83 bits per heavy atom. The molecule has 0 aromatic heterocycles. The summed E-state index contributed by atoms with van der Waals surface area (Å²) in [5.74, 6) is 0.0717. The maximum Gasteiger partial charge on any atom is 0.263 e. The van der Waals surface area contributed by atoms with Crippen LogP contribution < -0.4 is 4.90 Å². The molecule has 1 amide bonds. The first-order valence-electron chi connectivity index (χ1n) is 6.11. The third kappa shape index (κ3) is 1.11. The minimum absolute atomic E-state index is 0.0144. The predicted molar refractivity (Wildman–Crippen MR) is 68.7 cm³/mol. The number of halogens is 1. The molecule has 3 aliphatic rings. The molecule has 2 bridgehead atoms. The van der Waals surface area contributed by atoms with Crippen LogP contribution in [0.2, 0.25) is 0 Å². The van der Waals surface area contributed by atoms with Crippen molar-refractivity contribution in [3.8, 4) is 0 Å². The molecule has 0 radical (unpaired) electrons. The molecule has 0 saturated carbocycles. The summed E-state index contributed by atoms with van der Waals surface area (Å²) in [6.45, 7) is 0.637. The predicted octanol–water partition coefficient (Wildman–Crippen LogP) is 1.96. The lowest BCUT2D eigenvalue weighted by molar-refractivity contribution is -0.132. The molecular weight excluding hydrogens is 250 g/mol. The number of fused-ring (bicyclic) bond motifs is 1. The van der Waals surface area contributed by atoms with E-state index in [0.717, 1.165) is 5.69 Å². The molecule has 3 heterocycles. The van der Waals surface area contributed by atoms with E-state index in [2.05, 4.69) is 0 Å². The van der Waals surface area contributed by atoms with Crippen LogP contribution >= 0.6 is 11.6 Å². The monoisotopic (exact) mass is 261 g/mol. The van der Waals surface area contributed by atoms with Crippen molar-refractivity contribution in [1.82, 2.24) is 0 Å². The highest BCUT2D eigenvalue weighted by Crippen LogP contribution is 2.51. The van der Waals surface area contributed by atoms with Crippen LogP contribution in [0.25, 0.3) is 0 Å². The Labute approximate surface area is 110 Å². The number of nitrogens with zero attached hydrogens (tertiary/aromatic N) is 1. The number of ether oxygens (including phenoxy) is 1. The van der Waals surface area contributed by atoms with E-state index >= 15 is 0 Å². The van der Waals surface area contributed by atoms with Gasteiger partial charge in [-0.25, -0.2) is 0 Å². The van der Waals surface area contributed by atoms with Crippen molar-refractivity contribution in [2.75, 3.05) is 11.4 Å². The molecule has 3 aliphatic heterocycles. The number of amides is 1. The number of carbonyl (C=O) groups excluding carboxylic acids is 1. The zero-order valence-corrected chi connectivity index (χ0v) is 10.4. The summed E-state index contributed by atoms with van der Waals surface area (Å²) in [5, 5.41) is -0.104. The third-order valence-electron chi connectivity index (χ3n) is 4.14. The van der Waals surface area contributed by atoms with E-state index in [0.29, 0.717) is 6.54 Å². The SMILES string of the molecule is O=C1N(c2ccccc2)C[C@H]2[C@H](Cl)[C@@H]3C=C[C@]12O3.